The molecule has 1 aromatic carbocycles. The maximum Gasteiger partial charge on any atom is 0.0855 e. The van der Waals surface area contributed by atoms with Gasteiger partial charge in [-0.25, -0.2) is 0 Å². The van der Waals surface area contributed by atoms with Crippen molar-refractivity contribution in [2.45, 2.75) is 25.6 Å². The van der Waals surface area contributed by atoms with Gasteiger partial charge in [-0.1, -0.05) is 29.8 Å². The lowest BCUT2D eigenvalue weighted by Crippen LogP contribution is -2.35. The van der Waals surface area contributed by atoms with Gasteiger partial charge in [-0.2, -0.15) is 0 Å². The van der Waals surface area contributed by atoms with Crippen LogP contribution in [0, 0.1) is 0 Å². The predicted molar refractivity (Wildman–Crippen MR) is 59.4 cm³/mol. The summed E-state index contributed by atoms with van der Waals surface area (Å²) < 4.78 is 0. The summed E-state index contributed by atoms with van der Waals surface area (Å²) in [6.45, 7) is 5.32. The van der Waals surface area contributed by atoms with Gasteiger partial charge >= 0.3 is 0 Å². The normalized spacial score (nSPS) is 25.2. The molecule has 0 spiro atoms. The number of nitrogens with one attached hydrogen (secondary N) is 2. The highest BCUT2D eigenvalue weighted by atomic mass is 35.5. The minimum atomic E-state index is 0.143. The van der Waals surface area contributed by atoms with Crippen LogP contribution < -0.4 is 10.6 Å². The fourth-order valence-electron chi connectivity index (χ4n) is 1.75. The number of benzene rings is 1. The van der Waals surface area contributed by atoms with Crippen LogP contribution in [0.3, 0.4) is 0 Å². The SMILES string of the molecule is CC1(C)CNC(c2ccccc2Cl)N1. The molecule has 1 unspecified atom stereocenters. The van der Waals surface area contributed by atoms with Crippen molar-refractivity contribution < 1.29 is 0 Å². The van der Waals surface area contributed by atoms with Crippen molar-refractivity contribution in [3.63, 3.8) is 0 Å². The van der Waals surface area contributed by atoms with E-state index in [0.717, 1.165) is 17.1 Å². The molecule has 14 heavy (non-hydrogen) atoms. The molecule has 0 aliphatic carbocycles. The van der Waals surface area contributed by atoms with Crippen LogP contribution in [0.5, 0.6) is 0 Å². The molecule has 1 fully saturated rings. The van der Waals surface area contributed by atoms with Crippen LogP contribution in [0.4, 0.5) is 0 Å². The van der Waals surface area contributed by atoms with Gasteiger partial charge in [-0.3, -0.25) is 10.6 Å². The Balaban J connectivity index is 2.22. The first-order chi connectivity index (χ1) is 6.58. The van der Waals surface area contributed by atoms with E-state index in [1.807, 2.05) is 18.2 Å². The zero-order chi connectivity index (χ0) is 10.2. The molecular formula is C11H15ClN2. The number of halogens is 1. The van der Waals surface area contributed by atoms with Crippen molar-refractivity contribution in [1.29, 1.82) is 0 Å². The molecule has 1 heterocycles. The lowest BCUT2D eigenvalue weighted by Gasteiger charge is -2.19. The topological polar surface area (TPSA) is 24.1 Å². The summed E-state index contributed by atoms with van der Waals surface area (Å²) in [5, 5.41) is 7.72. The second kappa shape index (κ2) is 3.54. The van der Waals surface area contributed by atoms with Crippen molar-refractivity contribution in [1.82, 2.24) is 10.6 Å². The van der Waals surface area contributed by atoms with Crippen molar-refractivity contribution in [2.24, 2.45) is 0 Å². The molecule has 1 saturated heterocycles. The molecule has 2 nitrogen and oxygen atoms in total. The Morgan fingerprint density at radius 1 is 1.36 bits per heavy atom. The molecule has 0 aromatic heterocycles. The lowest BCUT2D eigenvalue weighted by atomic mass is 10.1. The zero-order valence-electron chi connectivity index (χ0n) is 8.47. The van der Waals surface area contributed by atoms with Gasteiger partial charge in [-0.15, -0.1) is 0 Å². The van der Waals surface area contributed by atoms with Gasteiger partial charge in [0.25, 0.3) is 0 Å². The van der Waals surface area contributed by atoms with Crippen molar-refractivity contribution in [3.05, 3.63) is 34.9 Å². The highest BCUT2D eigenvalue weighted by molar-refractivity contribution is 6.31. The standard InChI is InChI=1S/C11H15ClN2/c1-11(2)7-13-10(14-11)8-5-3-4-6-9(8)12/h3-6,10,13-14H,7H2,1-2H3. The summed E-state index contributed by atoms with van der Waals surface area (Å²) in [6, 6.07) is 7.93. The molecule has 1 atom stereocenters. The van der Waals surface area contributed by atoms with Gasteiger partial charge in [0.1, 0.15) is 0 Å². The van der Waals surface area contributed by atoms with Crippen LogP contribution in [-0.2, 0) is 0 Å². The minimum Gasteiger partial charge on any atom is -0.296 e. The van der Waals surface area contributed by atoms with Crippen molar-refractivity contribution in [3.8, 4) is 0 Å². The van der Waals surface area contributed by atoms with E-state index in [0.29, 0.717) is 0 Å². The fourth-order valence-corrected chi connectivity index (χ4v) is 1.99. The summed E-state index contributed by atoms with van der Waals surface area (Å²) in [6.07, 6.45) is 0.179. The van der Waals surface area contributed by atoms with Crippen LogP contribution in [-0.4, -0.2) is 12.1 Å². The van der Waals surface area contributed by atoms with Crippen LogP contribution >= 0.6 is 11.6 Å². The molecule has 0 bridgehead atoms. The van der Waals surface area contributed by atoms with Gasteiger partial charge in [0, 0.05) is 22.7 Å². The van der Waals surface area contributed by atoms with Crippen LogP contribution in [0.2, 0.25) is 5.02 Å². The van der Waals surface area contributed by atoms with E-state index >= 15 is 0 Å². The molecule has 0 saturated carbocycles. The van der Waals surface area contributed by atoms with E-state index in [1.165, 1.54) is 0 Å². The first-order valence-electron chi connectivity index (χ1n) is 4.84. The maximum atomic E-state index is 6.12. The molecule has 1 aliphatic heterocycles. The Kier molecular flexibility index (Phi) is 2.52. The van der Waals surface area contributed by atoms with E-state index in [9.17, 15) is 0 Å². The predicted octanol–water partition coefficient (Wildman–Crippen LogP) is 2.31. The molecule has 2 N–H and O–H groups in total. The van der Waals surface area contributed by atoms with E-state index < -0.39 is 0 Å². The van der Waals surface area contributed by atoms with Crippen molar-refractivity contribution >= 4 is 11.6 Å². The molecule has 1 aromatic rings. The van der Waals surface area contributed by atoms with Crippen LogP contribution in [0.1, 0.15) is 25.6 Å². The highest BCUT2D eigenvalue weighted by Crippen LogP contribution is 2.25. The molecule has 76 valence electrons. The molecule has 3 heteroatoms. The maximum absolute atomic E-state index is 6.12. The quantitative estimate of drug-likeness (QED) is 0.744. The fraction of sp³-hybridized carbons (Fsp3) is 0.455. The minimum absolute atomic E-state index is 0.143. The largest absolute Gasteiger partial charge is 0.296 e. The summed E-state index contributed by atoms with van der Waals surface area (Å²) in [4.78, 5) is 0. The second-order valence-corrected chi connectivity index (χ2v) is 4.77. The Bertz CT molecular complexity index is 336. The average molecular weight is 211 g/mol. The zero-order valence-corrected chi connectivity index (χ0v) is 9.23. The molecule has 0 amide bonds. The summed E-state index contributed by atoms with van der Waals surface area (Å²) in [7, 11) is 0. The van der Waals surface area contributed by atoms with E-state index in [2.05, 4.69) is 30.5 Å². The Morgan fingerprint density at radius 3 is 2.64 bits per heavy atom. The van der Waals surface area contributed by atoms with Crippen LogP contribution in [0.15, 0.2) is 24.3 Å². The van der Waals surface area contributed by atoms with Gasteiger partial charge in [0.15, 0.2) is 0 Å². The van der Waals surface area contributed by atoms with Gasteiger partial charge in [0.05, 0.1) is 6.17 Å². The van der Waals surface area contributed by atoms with Gasteiger partial charge in [-0.05, 0) is 19.9 Å². The summed E-state index contributed by atoms with van der Waals surface area (Å²) in [5.41, 5.74) is 1.27. The highest BCUT2D eigenvalue weighted by Gasteiger charge is 2.30. The lowest BCUT2D eigenvalue weighted by molar-refractivity contribution is 0.449. The Morgan fingerprint density at radius 2 is 2.07 bits per heavy atom. The molecule has 0 radical (unpaired) electrons. The van der Waals surface area contributed by atoms with E-state index in [4.69, 9.17) is 11.6 Å². The number of rotatable bonds is 1. The molecular weight excluding hydrogens is 196 g/mol. The van der Waals surface area contributed by atoms with Gasteiger partial charge in [0.2, 0.25) is 0 Å². The monoisotopic (exact) mass is 210 g/mol. The van der Waals surface area contributed by atoms with Crippen LogP contribution in [0.25, 0.3) is 0 Å². The Hall–Kier alpha value is -0.570. The third-order valence-corrected chi connectivity index (χ3v) is 2.84. The molecule has 2 rings (SSSR count). The average Bonchev–Trinajstić information content (AvgIpc) is 2.47. The number of hydrogen-bond acceptors (Lipinski definition) is 2. The first kappa shape index (κ1) is 9.97. The summed E-state index contributed by atoms with van der Waals surface area (Å²) >= 11 is 6.12. The van der Waals surface area contributed by atoms with E-state index in [1.54, 1.807) is 0 Å². The smallest absolute Gasteiger partial charge is 0.0855 e. The third kappa shape index (κ3) is 1.92. The van der Waals surface area contributed by atoms with Gasteiger partial charge < -0.3 is 0 Å². The Labute approximate surface area is 89.7 Å². The van der Waals surface area contributed by atoms with E-state index in [-0.39, 0.29) is 11.7 Å². The number of hydrogen-bond donors (Lipinski definition) is 2. The second-order valence-electron chi connectivity index (χ2n) is 4.36. The van der Waals surface area contributed by atoms with Crippen molar-refractivity contribution in [2.75, 3.05) is 6.54 Å². The molecule has 1 aliphatic rings. The summed E-state index contributed by atoms with van der Waals surface area (Å²) in [5.74, 6) is 0. The first-order valence-corrected chi connectivity index (χ1v) is 5.22. The third-order valence-electron chi connectivity index (χ3n) is 2.50.